The maximum absolute atomic E-state index is 5.70. The van der Waals surface area contributed by atoms with Crippen molar-refractivity contribution < 1.29 is 9.15 Å². The fourth-order valence-electron chi connectivity index (χ4n) is 1.51. The summed E-state index contributed by atoms with van der Waals surface area (Å²) in [6, 6.07) is 0. The van der Waals surface area contributed by atoms with E-state index in [9.17, 15) is 0 Å². The maximum atomic E-state index is 5.70. The molecule has 0 radical (unpaired) electrons. The highest BCUT2D eigenvalue weighted by atomic mass is 32.1. The number of oxazole rings is 1. The number of hydrogen-bond acceptors (Lipinski definition) is 7. The Kier molecular flexibility index (Phi) is 4.72. The van der Waals surface area contributed by atoms with Gasteiger partial charge in [0.05, 0.1) is 19.3 Å². The van der Waals surface area contributed by atoms with Crippen LogP contribution in [0.25, 0.3) is 0 Å². The minimum absolute atomic E-state index is 0.0265. The first-order valence-electron chi connectivity index (χ1n) is 6.49. The van der Waals surface area contributed by atoms with Crippen molar-refractivity contribution in [3.05, 3.63) is 23.7 Å². The Hall–Kier alpha value is -1.47. The van der Waals surface area contributed by atoms with Gasteiger partial charge in [-0.3, -0.25) is 0 Å². The van der Waals surface area contributed by atoms with Gasteiger partial charge in [0.1, 0.15) is 11.6 Å². The lowest BCUT2D eigenvalue weighted by molar-refractivity contribution is 0.201. The molecule has 2 aromatic rings. The van der Waals surface area contributed by atoms with Crippen LogP contribution in [0, 0.1) is 0 Å². The van der Waals surface area contributed by atoms with Gasteiger partial charge in [0, 0.05) is 30.5 Å². The first-order chi connectivity index (χ1) is 9.49. The van der Waals surface area contributed by atoms with Gasteiger partial charge in [0.2, 0.25) is 11.0 Å². The van der Waals surface area contributed by atoms with Gasteiger partial charge < -0.3 is 14.5 Å². The van der Waals surface area contributed by atoms with E-state index in [1.165, 1.54) is 11.5 Å². The average molecular weight is 296 g/mol. The van der Waals surface area contributed by atoms with E-state index in [0.717, 1.165) is 23.1 Å². The molecule has 1 N–H and O–H groups in total. The minimum Gasteiger partial charge on any atom is -0.443 e. The van der Waals surface area contributed by atoms with Gasteiger partial charge in [-0.05, 0) is 0 Å². The highest BCUT2D eigenvalue weighted by Gasteiger charge is 2.19. The molecule has 7 heteroatoms. The summed E-state index contributed by atoms with van der Waals surface area (Å²) in [7, 11) is 1.67. The predicted octanol–water partition coefficient (Wildman–Crippen LogP) is 2.62. The van der Waals surface area contributed by atoms with Crippen LogP contribution in [0.1, 0.15) is 38.2 Å². The molecule has 0 aromatic carbocycles. The van der Waals surface area contributed by atoms with Crippen LogP contribution in [0.2, 0.25) is 0 Å². The minimum atomic E-state index is -0.0265. The van der Waals surface area contributed by atoms with Crippen LogP contribution in [0.15, 0.2) is 10.6 Å². The second kappa shape index (κ2) is 6.32. The lowest BCUT2D eigenvalue weighted by Crippen LogP contribution is -2.09. The summed E-state index contributed by atoms with van der Waals surface area (Å²) in [6.45, 7) is 7.42. The summed E-state index contributed by atoms with van der Waals surface area (Å²) in [5.41, 5.74) is -0.0265. The third-order valence-corrected chi connectivity index (χ3v) is 3.39. The summed E-state index contributed by atoms with van der Waals surface area (Å²) < 4.78 is 14.9. The largest absolute Gasteiger partial charge is 0.443 e. The molecule has 0 unspecified atom stereocenters. The zero-order valence-corrected chi connectivity index (χ0v) is 13.1. The molecule has 0 aliphatic heterocycles. The van der Waals surface area contributed by atoms with Crippen molar-refractivity contribution in [1.29, 1.82) is 0 Å². The zero-order valence-electron chi connectivity index (χ0n) is 12.3. The third kappa shape index (κ3) is 4.01. The van der Waals surface area contributed by atoms with E-state index in [0.29, 0.717) is 19.0 Å². The Labute approximate surface area is 122 Å². The smallest absolute Gasteiger partial charge is 0.213 e. The number of nitrogens with one attached hydrogen (secondary N) is 1. The predicted molar refractivity (Wildman–Crippen MR) is 78.0 cm³/mol. The lowest BCUT2D eigenvalue weighted by atomic mass is 9.94. The van der Waals surface area contributed by atoms with E-state index >= 15 is 0 Å². The van der Waals surface area contributed by atoms with Crippen LogP contribution in [-0.2, 0) is 23.1 Å². The summed E-state index contributed by atoms with van der Waals surface area (Å²) >= 11 is 1.33. The van der Waals surface area contributed by atoms with Gasteiger partial charge >= 0.3 is 0 Å². The van der Waals surface area contributed by atoms with Crippen molar-refractivity contribution in [3.8, 4) is 0 Å². The topological polar surface area (TPSA) is 73.1 Å². The maximum Gasteiger partial charge on any atom is 0.213 e. The van der Waals surface area contributed by atoms with Crippen molar-refractivity contribution in [2.24, 2.45) is 0 Å². The quantitative estimate of drug-likeness (QED) is 0.883. The fourth-order valence-corrected chi connectivity index (χ4v) is 2.12. The molecule has 0 atom stereocenters. The summed E-state index contributed by atoms with van der Waals surface area (Å²) in [5, 5.41) is 3.94. The molecule has 0 fully saturated rings. The molecule has 0 aliphatic carbocycles. The second-order valence-corrected chi connectivity index (χ2v) is 6.23. The van der Waals surface area contributed by atoms with Gasteiger partial charge in [-0.25, -0.2) is 9.97 Å². The van der Waals surface area contributed by atoms with Crippen LogP contribution < -0.4 is 5.32 Å². The van der Waals surface area contributed by atoms with E-state index in [1.54, 1.807) is 13.3 Å². The van der Waals surface area contributed by atoms with Crippen molar-refractivity contribution in [1.82, 2.24) is 14.3 Å². The Morgan fingerprint density at radius 2 is 2.20 bits per heavy atom. The molecule has 6 nitrogen and oxygen atoms in total. The summed E-state index contributed by atoms with van der Waals surface area (Å²) in [4.78, 5) is 8.63. The fraction of sp³-hybridized carbons (Fsp3) is 0.615. The molecule has 0 aliphatic rings. The van der Waals surface area contributed by atoms with E-state index < -0.39 is 0 Å². The molecule has 0 bridgehead atoms. The van der Waals surface area contributed by atoms with E-state index in [1.807, 2.05) is 0 Å². The molecule has 0 amide bonds. The Balaban J connectivity index is 1.88. The van der Waals surface area contributed by atoms with Crippen molar-refractivity contribution >= 4 is 16.7 Å². The standard InChI is InChI=1S/C13H20N4O2S/c1-13(2,3)9-7-14-11(19-9)8-15-12-16-10(17-20-12)5-6-18-4/h7H,5-6,8H2,1-4H3,(H,15,16,17). The van der Waals surface area contributed by atoms with Crippen LogP contribution in [0.4, 0.5) is 5.13 Å². The normalized spacial score (nSPS) is 11.8. The summed E-state index contributed by atoms with van der Waals surface area (Å²) in [5.74, 6) is 2.33. The van der Waals surface area contributed by atoms with Crippen LogP contribution in [0.5, 0.6) is 0 Å². The van der Waals surface area contributed by atoms with Crippen LogP contribution in [0.3, 0.4) is 0 Å². The van der Waals surface area contributed by atoms with Gasteiger partial charge in [-0.2, -0.15) is 4.37 Å². The van der Waals surface area contributed by atoms with Crippen molar-refractivity contribution in [2.45, 2.75) is 39.2 Å². The molecule has 2 rings (SSSR count). The van der Waals surface area contributed by atoms with Gasteiger partial charge in [0.15, 0.2) is 0 Å². The van der Waals surface area contributed by atoms with Gasteiger partial charge in [0.25, 0.3) is 0 Å². The van der Waals surface area contributed by atoms with Crippen LogP contribution >= 0.6 is 11.5 Å². The lowest BCUT2D eigenvalue weighted by Gasteiger charge is -2.13. The molecule has 2 aromatic heterocycles. The molecule has 0 spiro atoms. The number of methoxy groups -OCH3 is 1. The SMILES string of the molecule is COCCc1nsc(NCc2ncc(C(C)(C)C)o2)n1. The number of rotatable bonds is 6. The number of ether oxygens (including phenoxy) is 1. The van der Waals surface area contributed by atoms with E-state index in [4.69, 9.17) is 9.15 Å². The first kappa shape index (κ1) is 14.9. The molecule has 2 heterocycles. The Morgan fingerprint density at radius 3 is 2.85 bits per heavy atom. The molecule has 0 saturated heterocycles. The molecular formula is C13H20N4O2S. The van der Waals surface area contributed by atoms with Gasteiger partial charge in [-0.1, -0.05) is 20.8 Å². The van der Waals surface area contributed by atoms with E-state index in [-0.39, 0.29) is 5.41 Å². The average Bonchev–Trinajstić information content (AvgIpc) is 3.02. The van der Waals surface area contributed by atoms with Crippen molar-refractivity contribution in [2.75, 3.05) is 19.0 Å². The molecule has 110 valence electrons. The summed E-state index contributed by atoms with van der Waals surface area (Å²) in [6.07, 6.45) is 2.50. The van der Waals surface area contributed by atoms with Crippen LogP contribution in [-0.4, -0.2) is 28.1 Å². The highest BCUT2D eigenvalue weighted by molar-refractivity contribution is 7.09. The van der Waals surface area contributed by atoms with Gasteiger partial charge in [-0.15, -0.1) is 0 Å². The Bertz CT molecular complexity index is 545. The molecule has 0 saturated carbocycles. The number of aromatic nitrogens is 3. The third-order valence-electron chi connectivity index (χ3n) is 2.68. The first-order valence-corrected chi connectivity index (χ1v) is 7.27. The highest BCUT2D eigenvalue weighted by Crippen LogP contribution is 2.23. The monoisotopic (exact) mass is 296 g/mol. The Morgan fingerprint density at radius 1 is 1.40 bits per heavy atom. The number of nitrogens with zero attached hydrogens (tertiary/aromatic N) is 3. The number of hydrogen-bond donors (Lipinski definition) is 1. The second-order valence-electron chi connectivity index (χ2n) is 5.48. The molecular weight excluding hydrogens is 276 g/mol. The molecule has 20 heavy (non-hydrogen) atoms. The number of anilines is 1. The zero-order chi connectivity index (χ0) is 14.6. The van der Waals surface area contributed by atoms with E-state index in [2.05, 4.69) is 40.4 Å². The van der Waals surface area contributed by atoms with Crippen molar-refractivity contribution in [3.63, 3.8) is 0 Å².